The molecule has 0 radical (unpaired) electrons. The average molecular weight is 103 g/mol. The van der Waals surface area contributed by atoms with Crippen LogP contribution in [0.2, 0.25) is 0 Å². The Morgan fingerprint density at radius 1 is 1.71 bits per heavy atom. The molecule has 0 amide bonds. The number of halogens is 1. The summed E-state index contributed by atoms with van der Waals surface area (Å²) < 4.78 is 11.6. The average Bonchev–Trinajstić information content (AvgIpc) is 1.65. The van der Waals surface area contributed by atoms with E-state index in [9.17, 15) is 4.39 Å². The van der Waals surface area contributed by atoms with Crippen LogP contribution >= 0.6 is 0 Å². The van der Waals surface area contributed by atoms with Crippen LogP contribution in [0.25, 0.3) is 0 Å². The Bertz CT molecular complexity index is 107. The van der Waals surface area contributed by atoms with E-state index in [-0.39, 0.29) is 0 Å². The Labute approximate surface area is 40.3 Å². The predicted octanol–water partition coefficient (Wildman–Crippen LogP) is -0.308. The van der Waals surface area contributed by atoms with E-state index in [2.05, 4.69) is 11.5 Å². The van der Waals surface area contributed by atoms with Crippen LogP contribution in [0.4, 0.5) is 4.39 Å². The molecule has 0 rings (SSSR count). The molecule has 0 aromatic heterocycles. The minimum absolute atomic E-state index is 0.637. The lowest BCUT2D eigenvalue weighted by Crippen LogP contribution is -2.10. The number of nitrogens with one attached hydrogen (secondary N) is 1. The van der Waals surface area contributed by atoms with Gasteiger partial charge < -0.3 is 11.5 Å². The maximum atomic E-state index is 11.6. The van der Waals surface area contributed by atoms with Gasteiger partial charge in [0.1, 0.15) is 0 Å². The molecular formula is C3H6FN3. The van der Waals surface area contributed by atoms with Crippen molar-refractivity contribution in [2.45, 2.75) is 0 Å². The molecule has 0 unspecified atom stereocenters. The molecule has 5 N–H and O–H groups in total. The fraction of sp³-hybridized carbons (Fsp3) is 0. The molecule has 0 saturated heterocycles. The van der Waals surface area contributed by atoms with E-state index in [4.69, 9.17) is 5.41 Å². The fourth-order valence-electron chi connectivity index (χ4n) is 0.0898. The third kappa shape index (κ3) is 1.75. The summed E-state index contributed by atoms with van der Waals surface area (Å²) in [6.45, 7) is 0. The molecule has 0 aliphatic heterocycles. The molecule has 0 spiro atoms. The zero-order valence-corrected chi connectivity index (χ0v) is 3.61. The molecular weight excluding hydrogens is 97.1 g/mol. The Morgan fingerprint density at radius 3 is 2.14 bits per heavy atom. The molecule has 0 aromatic rings. The van der Waals surface area contributed by atoms with Gasteiger partial charge >= 0.3 is 0 Å². The summed E-state index contributed by atoms with van der Waals surface area (Å²) in [6.07, 6.45) is 0.641. The second kappa shape index (κ2) is 2.17. The van der Waals surface area contributed by atoms with Crippen molar-refractivity contribution < 1.29 is 4.39 Å². The van der Waals surface area contributed by atoms with Crippen molar-refractivity contribution in [3.05, 3.63) is 12.0 Å². The smallest absolute Gasteiger partial charge is 0.179 e. The van der Waals surface area contributed by atoms with Crippen molar-refractivity contribution in [1.29, 1.82) is 5.41 Å². The van der Waals surface area contributed by atoms with Gasteiger partial charge in [-0.05, 0) is 0 Å². The summed E-state index contributed by atoms with van der Waals surface area (Å²) >= 11 is 0. The lowest BCUT2D eigenvalue weighted by molar-refractivity contribution is 0.674. The normalized spacial score (nSPS) is 11.3. The van der Waals surface area contributed by atoms with Crippen LogP contribution in [0.5, 0.6) is 0 Å². The largest absolute Gasteiger partial charge is 0.402 e. The van der Waals surface area contributed by atoms with E-state index in [1.54, 1.807) is 0 Å². The number of amidine groups is 1. The SMILES string of the molecule is N=C(N)/C(F)=C\N. The van der Waals surface area contributed by atoms with Crippen molar-refractivity contribution in [3.8, 4) is 0 Å². The van der Waals surface area contributed by atoms with Gasteiger partial charge in [0, 0.05) is 6.20 Å². The maximum absolute atomic E-state index is 11.6. The standard InChI is InChI=1S/C3H6FN3/c4-2(1-5)3(6)7/h1H,5H2,(H3,6,7)/b2-1+. The molecule has 0 heterocycles. The van der Waals surface area contributed by atoms with Gasteiger partial charge in [-0.25, -0.2) is 4.39 Å². The van der Waals surface area contributed by atoms with E-state index >= 15 is 0 Å². The molecule has 0 atom stereocenters. The van der Waals surface area contributed by atoms with Gasteiger partial charge in [-0.15, -0.1) is 0 Å². The third-order valence-corrected chi connectivity index (χ3v) is 0.404. The predicted molar refractivity (Wildman–Crippen MR) is 25.3 cm³/mol. The molecule has 0 aliphatic rings. The summed E-state index contributed by atoms with van der Waals surface area (Å²) in [6, 6.07) is 0. The molecule has 0 aromatic carbocycles. The zero-order valence-electron chi connectivity index (χ0n) is 3.61. The highest BCUT2D eigenvalue weighted by Crippen LogP contribution is 1.87. The molecule has 7 heavy (non-hydrogen) atoms. The van der Waals surface area contributed by atoms with Gasteiger partial charge in [-0.1, -0.05) is 0 Å². The maximum Gasteiger partial charge on any atom is 0.179 e. The molecule has 40 valence electrons. The number of hydrogen-bond acceptors (Lipinski definition) is 2. The van der Waals surface area contributed by atoms with Crippen molar-refractivity contribution in [3.63, 3.8) is 0 Å². The van der Waals surface area contributed by atoms with Gasteiger partial charge in [-0.3, -0.25) is 5.41 Å². The zero-order chi connectivity index (χ0) is 5.86. The minimum Gasteiger partial charge on any atom is -0.402 e. The van der Waals surface area contributed by atoms with Crippen LogP contribution < -0.4 is 11.5 Å². The first-order valence-electron chi connectivity index (χ1n) is 1.60. The lowest BCUT2D eigenvalue weighted by atomic mass is 10.5. The molecule has 0 bridgehead atoms. The highest BCUT2D eigenvalue weighted by Gasteiger charge is 1.91. The quantitative estimate of drug-likeness (QED) is 0.314. The second-order valence-electron chi connectivity index (χ2n) is 0.928. The second-order valence-corrected chi connectivity index (χ2v) is 0.928. The van der Waals surface area contributed by atoms with Gasteiger partial charge in [0.05, 0.1) is 0 Å². The Kier molecular flexibility index (Phi) is 1.84. The topological polar surface area (TPSA) is 75.9 Å². The third-order valence-electron chi connectivity index (χ3n) is 0.404. The first-order valence-corrected chi connectivity index (χ1v) is 1.60. The van der Waals surface area contributed by atoms with Gasteiger partial charge in [0.2, 0.25) is 0 Å². The first kappa shape index (κ1) is 5.94. The van der Waals surface area contributed by atoms with Gasteiger partial charge in [0.15, 0.2) is 11.7 Å². The fourth-order valence-corrected chi connectivity index (χ4v) is 0.0898. The van der Waals surface area contributed by atoms with Gasteiger partial charge in [-0.2, -0.15) is 0 Å². The number of nitrogens with two attached hydrogens (primary N) is 2. The minimum atomic E-state index is -0.889. The monoisotopic (exact) mass is 103 g/mol. The van der Waals surface area contributed by atoms with Crippen LogP contribution in [0, 0.1) is 5.41 Å². The molecule has 0 fully saturated rings. The Hall–Kier alpha value is -1.06. The van der Waals surface area contributed by atoms with Crippen molar-refractivity contribution in [2.75, 3.05) is 0 Å². The Morgan fingerprint density at radius 2 is 2.14 bits per heavy atom. The Balaban J connectivity index is 3.82. The van der Waals surface area contributed by atoms with Crippen molar-refractivity contribution >= 4 is 5.84 Å². The van der Waals surface area contributed by atoms with Crippen molar-refractivity contribution in [1.82, 2.24) is 0 Å². The summed E-state index contributed by atoms with van der Waals surface area (Å²) in [4.78, 5) is 0. The van der Waals surface area contributed by atoms with Crippen molar-refractivity contribution in [2.24, 2.45) is 11.5 Å². The summed E-state index contributed by atoms with van der Waals surface area (Å²) in [5, 5.41) is 6.35. The lowest BCUT2D eigenvalue weighted by Gasteiger charge is -1.85. The van der Waals surface area contributed by atoms with E-state index in [0.29, 0.717) is 6.20 Å². The highest BCUT2D eigenvalue weighted by molar-refractivity contribution is 5.91. The van der Waals surface area contributed by atoms with E-state index in [1.807, 2.05) is 0 Å². The first-order chi connectivity index (χ1) is 3.18. The van der Waals surface area contributed by atoms with Crippen LogP contribution in [-0.4, -0.2) is 5.84 Å². The molecule has 0 saturated carbocycles. The van der Waals surface area contributed by atoms with Crippen LogP contribution in [-0.2, 0) is 0 Å². The highest BCUT2D eigenvalue weighted by atomic mass is 19.1. The van der Waals surface area contributed by atoms with E-state index < -0.39 is 11.7 Å². The molecule has 3 nitrogen and oxygen atoms in total. The summed E-state index contributed by atoms with van der Waals surface area (Å²) in [5.74, 6) is -1.53. The molecule has 0 aliphatic carbocycles. The van der Waals surface area contributed by atoms with Gasteiger partial charge in [0.25, 0.3) is 0 Å². The number of hydrogen-bond donors (Lipinski definition) is 3. The van der Waals surface area contributed by atoms with E-state index in [1.165, 1.54) is 0 Å². The van der Waals surface area contributed by atoms with Crippen LogP contribution in [0.1, 0.15) is 0 Å². The summed E-state index contributed by atoms with van der Waals surface area (Å²) in [5.41, 5.74) is 9.22. The van der Waals surface area contributed by atoms with Crippen LogP contribution in [0.3, 0.4) is 0 Å². The number of rotatable bonds is 1. The molecule has 4 heteroatoms. The summed E-state index contributed by atoms with van der Waals surface area (Å²) in [7, 11) is 0. The van der Waals surface area contributed by atoms with Crippen LogP contribution in [0.15, 0.2) is 12.0 Å². The van der Waals surface area contributed by atoms with E-state index in [0.717, 1.165) is 0 Å².